The molecule has 0 aliphatic heterocycles. The van der Waals surface area contributed by atoms with Gasteiger partial charge in [-0.15, -0.1) is 0 Å². The van der Waals surface area contributed by atoms with Crippen LogP contribution in [0, 0.1) is 0 Å². The Kier molecular flexibility index (Phi) is 2.62. The van der Waals surface area contributed by atoms with Crippen LogP contribution in [0.5, 0.6) is 0 Å². The highest BCUT2D eigenvalue weighted by molar-refractivity contribution is 5.36. The fourth-order valence-electron chi connectivity index (χ4n) is 0.656. The fourth-order valence-corrected chi connectivity index (χ4v) is 0.656. The number of rotatable bonds is 3. The van der Waals surface area contributed by atoms with Crippen molar-refractivity contribution >= 4 is 11.8 Å². The number of aliphatic hydroxyl groups is 1. The largest absolute Gasteiger partial charge is 0.395 e. The lowest BCUT2D eigenvalue weighted by atomic mass is 10.5. The van der Waals surface area contributed by atoms with Gasteiger partial charge in [0.05, 0.1) is 6.61 Å². The zero-order valence-electron chi connectivity index (χ0n) is 5.99. The van der Waals surface area contributed by atoms with E-state index in [2.05, 4.69) is 15.3 Å². The van der Waals surface area contributed by atoms with Crippen molar-refractivity contribution < 1.29 is 5.11 Å². The van der Waals surface area contributed by atoms with Crippen molar-refractivity contribution in [1.29, 1.82) is 0 Å². The van der Waals surface area contributed by atoms with Crippen molar-refractivity contribution in [3.63, 3.8) is 0 Å². The van der Waals surface area contributed by atoms with E-state index in [1.54, 1.807) is 12.3 Å². The Morgan fingerprint density at radius 2 is 2.45 bits per heavy atom. The number of hydrogen-bond donors (Lipinski definition) is 3. The molecule has 0 bridgehead atoms. The van der Waals surface area contributed by atoms with Gasteiger partial charge in [-0.05, 0) is 6.07 Å². The number of hydrogen-bond acceptors (Lipinski definition) is 5. The minimum atomic E-state index is 0.0733. The fraction of sp³-hybridized carbons (Fsp3) is 0.333. The molecule has 0 aromatic carbocycles. The van der Waals surface area contributed by atoms with Crippen LogP contribution in [0.1, 0.15) is 0 Å². The molecule has 60 valence electrons. The van der Waals surface area contributed by atoms with Crippen molar-refractivity contribution in [2.45, 2.75) is 0 Å². The number of nitrogens with two attached hydrogens (primary N) is 1. The van der Waals surface area contributed by atoms with Crippen LogP contribution in [0.4, 0.5) is 11.8 Å². The highest BCUT2D eigenvalue weighted by Crippen LogP contribution is 2.00. The molecule has 0 fully saturated rings. The normalized spacial score (nSPS) is 9.55. The predicted octanol–water partition coefficient (Wildman–Crippen LogP) is -0.537. The molecule has 0 radical (unpaired) electrons. The van der Waals surface area contributed by atoms with Crippen LogP contribution in [-0.4, -0.2) is 28.2 Å². The number of nitrogens with one attached hydrogen (secondary N) is 1. The molecule has 0 unspecified atom stereocenters. The molecule has 4 N–H and O–H groups in total. The van der Waals surface area contributed by atoms with Crippen molar-refractivity contribution in [3.8, 4) is 0 Å². The number of anilines is 2. The van der Waals surface area contributed by atoms with Crippen LogP contribution < -0.4 is 11.1 Å². The number of aromatic nitrogens is 2. The summed E-state index contributed by atoms with van der Waals surface area (Å²) in [5.74, 6) is 0.861. The summed E-state index contributed by atoms with van der Waals surface area (Å²) in [6, 6.07) is 1.69. The Balaban J connectivity index is 2.56. The zero-order valence-corrected chi connectivity index (χ0v) is 5.99. The van der Waals surface area contributed by atoms with Gasteiger partial charge < -0.3 is 16.2 Å². The van der Waals surface area contributed by atoms with Crippen molar-refractivity contribution in [3.05, 3.63) is 12.3 Å². The molecule has 5 nitrogen and oxygen atoms in total. The maximum Gasteiger partial charge on any atom is 0.221 e. The molecule has 0 amide bonds. The van der Waals surface area contributed by atoms with Crippen LogP contribution in [-0.2, 0) is 0 Å². The van der Waals surface area contributed by atoms with Gasteiger partial charge in [-0.1, -0.05) is 0 Å². The second kappa shape index (κ2) is 3.72. The van der Waals surface area contributed by atoms with Gasteiger partial charge in [0.2, 0.25) is 5.95 Å². The van der Waals surface area contributed by atoms with Gasteiger partial charge in [0.15, 0.2) is 0 Å². The average molecular weight is 154 g/mol. The minimum absolute atomic E-state index is 0.0733. The molecular formula is C6H10N4O. The molecule has 0 saturated carbocycles. The first kappa shape index (κ1) is 7.74. The molecule has 0 saturated heterocycles. The van der Waals surface area contributed by atoms with E-state index in [1.807, 2.05) is 0 Å². The first-order valence-corrected chi connectivity index (χ1v) is 3.26. The van der Waals surface area contributed by atoms with E-state index in [0.29, 0.717) is 12.4 Å². The molecule has 1 aromatic heterocycles. The maximum absolute atomic E-state index is 8.46. The third-order valence-corrected chi connectivity index (χ3v) is 1.09. The van der Waals surface area contributed by atoms with E-state index in [-0.39, 0.29) is 12.6 Å². The molecular weight excluding hydrogens is 144 g/mol. The quantitative estimate of drug-likeness (QED) is 0.544. The standard InChI is InChI=1S/C6H10N4O/c7-6-9-2-1-5(10-6)8-3-4-11/h1-2,11H,3-4H2,(H3,7,8,9,10). The van der Waals surface area contributed by atoms with Crippen molar-refractivity contribution in [2.24, 2.45) is 0 Å². The van der Waals surface area contributed by atoms with Gasteiger partial charge in [0.25, 0.3) is 0 Å². The van der Waals surface area contributed by atoms with Crippen LogP contribution in [0.25, 0.3) is 0 Å². The van der Waals surface area contributed by atoms with Crippen LogP contribution >= 0.6 is 0 Å². The summed E-state index contributed by atoms with van der Waals surface area (Å²) in [5.41, 5.74) is 5.31. The molecule has 1 rings (SSSR count). The van der Waals surface area contributed by atoms with E-state index in [1.165, 1.54) is 0 Å². The van der Waals surface area contributed by atoms with Gasteiger partial charge in [-0.3, -0.25) is 0 Å². The summed E-state index contributed by atoms with van der Waals surface area (Å²) in [6.07, 6.45) is 1.56. The Bertz CT molecular complexity index is 228. The Hall–Kier alpha value is -1.36. The molecule has 0 spiro atoms. The minimum Gasteiger partial charge on any atom is -0.395 e. The summed E-state index contributed by atoms with van der Waals surface area (Å²) >= 11 is 0. The highest BCUT2D eigenvalue weighted by atomic mass is 16.3. The second-order valence-electron chi connectivity index (χ2n) is 1.95. The Labute approximate surface area is 64.3 Å². The lowest BCUT2D eigenvalue weighted by Crippen LogP contribution is -2.08. The zero-order chi connectivity index (χ0) is 8.10. The van der Waals surface area contributed by atoms with E-state index in [9.17, 15) is 0 Å². The first-order valence-electron chi connectivity index (χ1n) is 3.26. The number of nitrogen functional groups attached to an aromatic ring is 1. The maximum atomic E-state index is 8.46. The summed E-state index contributed by atoms with van der Waals surface area (Å²) in [4.78, 5) is 7.57. The third kappa shape index (κ3) is 2.38. The lowest BCUT2D eigenvalue weighted by Gasteiger charge is -2.01. The Morgan fingerprint density at radius 3 is 3.09 bits per heavy atom. The van der Waals surface area contributed by atoms with Crippen LogP contribution in [0.3, 0.4) is 0 Å². The van der Waals surface area contributed by atoms with Crippen molar-refractivity contribution in [2.75, 3.05) is 24.2 Å². The van der Waals surface area contributed by atoms with Crippen LogP contribution in [0.15, 0.2) is 12.3 Å². The SMILES string of the molecule is Nc1nccc(NCCO)n1. The predicted molar refractivity (Wildman–Crippen MR) is 42.0 cm³/mol. The Morgan fingerprint density at radius 1 is 1.64 bits per heavy atom. The van der Waals surface area contributed by atoms with E-state index in [0.717, 1.165) is 0 Å². The topological polar surface area (TPSA) is 84.1 Å². The van der Waals surface area contributed by atoms with Crippen LogP contribution in [0.2, 0.25) is 0 Å². The monoisotopic (exact) mass is 154 g/mol. The van der Waals surface area contributed by atoms with Gasteiger partial charge in [0.1, 0.15) is 5.82 Å². The van der Waals surface area contributed by atoms with Gasteiger partial charge >= 0.3 is 0 Å². The summed E-state index contributed by atoms with van der Waals surface area (Å²) < 4.78 is 0. The molecule has 1 heterocycles. The summed E-state index contributed by atoms with van der Waals surface area (Å²) in [7, 11) is 0. The van der Waals surface area contributed by atoms with Gasteiger partial charge in [-0.2, -0.15) is 4.98 Å². The smallest absolute Gasteiger partial charge is 0.221 e. The van der Waals surface area contributed by atoms with Crippen molar-refractivity contribution in [1.82, 2.24) is 9.97 Å². The molecule has 5 heteroatoms. The first-order chi connectivity index (χ1) is 5.33. The third-order valence-electron chi connectivity index (χ3n) is 1.09. The summed E-state index contributed by atoms with van der Waals surface area (Å²) in [5, 5.41) is 11.3. The number of nitrogens with zero attached hydrogens (tertiary/aromatic N) is 2. The van der Waals surface area contributed by atoms with Gasteiger partial charge in [-0.25, -0.2) is 4.98 Å². The van der Waals surface area contributed by atoms with Gasteiger partial charge in [0, 0.05) is 12.7 Å². The summed E-state index contributed by atoms with van der Waals surface area (Å²) in [6.45, 7) is 0.542. The molecule has 0 aliphatic rings. The number of aliphatic hydroxyl groups excluding tert-OH is 1. The average Bonchev–Trinajstić information content (AvgIpc) is 2.01. The molecule has 0 atom stereocenters. The highest BCUT2D eigenvalue weighted by Gasteiger charge is 1.92. The molecule has 1 aromatic rings. The van der Waals surface area contributed by atoms with E-state index >= 15 is 0 Å². The lowest BCUT2D eigenvalue weighted by molar-refractivity contribution is 0.311. The second-order valence-corrected chi connectivity index (χ2v) is 1.95. The molecule has 0 aliphatic carbocycles. The molecule has 11 heavy (non-hydrogen) atoms. The van der Waals surface area contributed by atoms with E-state index in [4.69, 9.17) is 10.8 Å². The van der Waals surface area contributed by atoms with E-state index < -0.39 is 0 Å².